The molecule has 0 spiro atoms. The maximum absolute atomic E-state index is 12.9. The smallest absolute Gasteiger partial charge is 0.351 e. The Balaban J connectivity index is 1.47. The Hall–Kier alpha value is -2.62. The number of thiazole rings is 1. The molecule has 0 atom stereocenters. The highest BCUT2D eigenvalue weighted by molar-refractivity contribution is 7.22. The first-order valence-electron chi connectivity index (χ1n) is 8.26. The minimum Gasteiger partial charge on any atom is -0.351 e. The summed E-state index contributed by atoms with van der Waals surface area (Å²) >= 11 is 1.35. The van der Waals surface area contributed by atoms with Gasteiger partial charge in [0.1, 0.15) is 0 Å². The standard InChI is InChI=1S/C17H15F3N4O2S/c1-10-8-13(26-22-10)15(25)23-4-6-24(7-5-23)16-21-12-9-11(17(18,19)20)2-3-14(12)27-16/h2-3,8-9H,4-7H2,1H3. The van der Waals surface area contributed by atoms with Crippen LogP contribution in [0.5, 0.6) is 0 Å². The molecule has 1 aliphatic rings. The normalized spacial score (nSPS) is 15.6. The fourth-order valence-electron chi connectivity index (χ4n) is 2.95. The van der Waals surface area contributed by atoms with Gasteiger partial charge in [0.05, 0.1) is 21.5 Å². The van der Waals surface area contributed by atoms with E-state index in [2.05, 4.69) is 10.1 Å². The minimum atomic E-state index is -4.39. The van der Waals surface area contributed by atoms with E-state index in [0.29, 0.717) is 47.2 Å². The molecule has 1 amide bonds. The highest BCUT2D eigenvalue weighted by Crippen LogP contribution is 2.35. The third-order valence-electron chi connectivity index (χ3n) is 4.38. The third-order valence-corrected chi connectivity index (χ3v) is 5.48. The summed E-state index contributed by atoms with van der Waals surface area (Å²) in [4.78, 5) is 20.4. The Morgan fingerprint density at radius 1 is 1.19 bits per heavy atom. The van der Waals surface area contributed by atoms with E-state index >= 15 is 0 Å². The van der Waals surface area contributed by atoms with Crippen LogP contribution < -0.4 is 4.90 Å². The molecule has 0 N–H and O–H groups in total. The number of aryl methyl sites for hydroxylation is 1. The van der Waals surface area contributed by atoms with E-state index in [1.54, 1.807) is 17.9 Å². The van der Waals surface area contributed by atoms with Crippen molar-refractivity contribution in [2.75, 3.05) is 31.1 Å². The molecule has 3 heterocycles. The highest BCUT2D eigenvalue weighted by atomic mass is 32.1. The molecular formula is C17H15F3N4O2S. The molecular weight excluding hydrogens is 381 g/mol. The van der Waals surface area contributed by atoms with Gasteiger partial charge in [-0.3, -0.25) is 4.79 Å². The lowest BCUT2D eigenvalue weighted by atomic mass is 10.2. The van der Waals surface area contributed by atoms with Crippen molar-refractivity contribution in [1.82, 2.24) is 15.0 Å². The van der Waals surface area contributed by atoms with Crippen LogP contribution in [0.2, 0.25) is 0 Å². The lowest BCUT2D eigenvalue weighted by Crippen LogP contribution is -2.48. The molecule has 4 rings (SSSR count). The topological polar surface area (TPSA) is 62.5 Å². The van der Waals surface area contributed by atoms with Crippen molar-refractivity contribution >= 4 is 32.6 Å². The number of piperazine rings is 1. The Bertz CT molecular complexity index is 990. The van der Waals surface area contributed by atoms with Crippen molar-refractivity contribution in [3.8, 4) is 0 Å². The maximum atomic E-state index is 12.9. The monoisotopic (exact) mass is 396 g/mol. The van der Waals surface area contributed by atoms with E-state index in [-0.39, 0.29) is 11.7 Å². The number of carbonyl (C=O) groups is 1. The molecule has 0 bridgehead atoms. The van der Waals surface area contributed by atoms with Gasteiger partial charge in [-0.05, 0) is 25.1 Å². The van der Waals surface area contributed by atoms with Gasteiger partial charge in [0.2, 0.25) is 5.76 Å². The van der Waals surface area contributed by atoms with Crippen LogP contribution in [0.4, 0.5) is 18.3 Å². The first-order chi connectivity index (χ1) is 12.8. The van der Waals surface area contributed by atoms with Crippen molar-refractivity contribution < 1.29 is 22.5 Å². The molecule has 10 heteroatoms. The van der Waals surface area contributed by atoms with Gasteiger partial charge in [0.15, 0.2) is 5.13 Å². The fraction of sp³-hybridized carbons (Fsp3) is 0.353. The molecule has 0 aliphatic carbocycles. The molecule has 0 saturated carbocycles. The summed E-state index contributed by atoms with van der Waals surface area (Å²) in [6.07, 6.45) is -4.39. The summed E-state index contributed by atoms with van der Waals surface area (Å²) in [6, 6.07) is 5.19. The number of halogens is 3. The number of aromatic nitrogens is 2. The van der Waals surface area contributed by atoms with Gasteiger partial charge in [-0.2, -0.15) is 13.2 Å². The summed E-state index contributed by atoms with van der Waals surface area (Å²) in [5.74, 6) is -0.00464. The summed E-state index contributed by atoms with van der Waals surface area (Å²) in [7, 11) is 0. The molecule has 3 aromatic rings. The molecule has 1 aliphatic heterocycles. The summed E-state index contributed by atoms with van der Waals surface area (Å²) in [6.45, 7) is 3.79. The molecule has 1 saturated heterocycles. The number of benzene rings is 1. The van der Waals surface area contributed by atoms with Crippen LogP contribution in [0.15, 0.2) is 28.8 Å². The summed E-state index contributed by atoms with van der Waals surface area (Å²) < 4.78 is 44.3. The lowest BCUT2D eigenvalue weighted by Gasteiger charge is -2.33. The molecule has 6 nitrogen and oxygen atoms in total. The number of fused-ring (bicyclic) bond motifs is 1. The quantitative estimate of drug-likeness (QED) is 0.663. The van der Waals surface area contributed by atoms with Crippen molar-refractivity contribution in [3.05, 3.63) is 41.3 Å². The first kappa shape index (κ1) is 17.8. The minimum absolute atomic E-state index is 0.209. The van der Waals surface area contributed by atoms with E-state index in [0.717, 1.165) is 12.1 Å². The van der Waals surface area contributed by atoms with Crippen LogP contribution >= 0.6 is 11.3 Å². The maximum Gasteiger partial charge on any atom is 0.416 e. The van der Waals surface area contributed by atoms with E-state index in [9.17, 15) is 18.0 Å². The SMILES string of the molecule is Cc1cc(C(=O)N2CCN(c3nc4cc(C(F)(F)F)ccc4s3)CC2)on1. The van der Waals surface area contributed by atoms with Gasteiger partial charge < -0.3 is 14.3 Å². The summed E-state index contributed by atoms with van der Waals surface area (Å²) in [5, 5.41) is 4.38. The molecule has 1 fully saturated rings. The average Bonchev–Trinajstić information content (AvgIpc) is 3.26. The number of hydrogen-bond acceptors (Lipinski definition) is 6. The number of alkyl halides is 3. The van der Waals surface area contributed by atoms with E-state index < -0.39 is 11.7 Å². The Morgan fingerprint density at radius 2 is 1.93 bits per heavy atom. The van der Waals surface area contributed by atoms with E-state index in [1.165, 1.54) is 17.4 Å². The van der Waals surface area contributed by atoms with Gasteiger partial charge >= 0.3 is 6.18 Å². The number of nitrogens with zero attached hydrogens (tertiary/aromatic N) is 4. The largest absolute Gasteiger partial charge is 0.416 e. The van der Waals surface area contributed by atoms with Gasteiger partial charge in [0.25, 0.3) is 5.91 Å². The van der Waals surface area contributed by atoms with Crippen LogP contribution in [0, 0.1) is 6.92 Å². The molecule has 0 unspecified atom stereocenters. The number of hydrogen-bond donors (Lipinski definition) is 0. The highest BCUT2D eigenvalue weighted by Gasteiger charge is 2.31. The Morgan fingerprint density at radius 3 is 2.56 bits per heavy atom. The molecule has 1 aromatic carbocycles. The Kier molecular flexibility index (Phi) is 4.29. The van der Waals surface area contributed by atoms with Gasteiger partial charge in [-0.15, -0.1) is 0 Å². The molecule has 2 aromatic heterocycles. The molecule has 27 heavy (non-hydrogen) atoms. The van der Waals surface area contributed by atoms with Crippen LogP contribution in [-0.4, -0.2) is 47.1 Å². The third kappa shape index (κ3) is 3.48. The van der Waals surface area contributed by atoms with Gasteiger partial charge in [0, 0.05) is 32.2 Å². The van der Waals surface area contributed by atoms with Crippen LogP contribution in [0.1, 0.15) is 21.8 Å². The van der Waals surface area contributed by atoms with E-state index in [1.807, 2.05) is 4.90 Å². The predicted octanol–water partition coefficient (Wildman–Crippen LogP) is 3.57. The van der Waals surface area contributed by atoms with E-state index in [4.69, 9.17) is 4.52 Å². The average molecular weight is 396 g/mol. The van der Waals surface area contributed by atoms with Gasteiger partial charge in [-0.1, -0.05) is 16.5 Å². The van der Waals surface area contributed by atoms with Crippen molar-refractivity contribution in [2.24, 2.45) is 0 Å². The second kappa shape index (κ2) is 6.52. The van der Waals surface area contributed by atoms with Gasteiger partial charge in [-0.25, -0.2) is 4.98 Å². The zero-order valence-corrected chi connectivity index (χ0v) is 15.1. The predicted molar refractivity (Wildman–Crippen MR) is 94.0 cm³/mol. The summed E-state index contributed by atoms with van der Waals surface area (Å²) in [5.41, 5.74) is 0.273. The zero-order chi connectivity index (χ0) is 19.2. The van der Waals surface area contributed by atoms with Crippen LogP contribution in [-0.2, 0) is 6.18 Å². The fourth-order valence-corrected chi connectivity index (χ4v) is 3.95. The number of amides is 1. The number of anilines is 1. The number of rotatable bonds is 2. The zero-order valence-electron chi connectivity index (χ0n) is 14.3. The van der Waals surface area contributed by atoms with Crippen LogP contribution in [0.25, 0.3) is 10.2 Å². The molecule has 0 radical (unpaired) electrons. The van der Waals surface area contributed by atoms with Crippen molar-refractivity contribution in [1.29, 1.82) is 0 Å². The Labute approximate surface area is 156 Å². The van der Waals surface area contributed by atoms with Crippen molar-refractivity contribution in [2.45, 2.75) is 13.1 Å². The molecule has 142 valence electrons. The number of carbonyl (C=O) groups excluding carboxylic acids is 1. The lowest BCUT2D eigenvalue weighted by molar-refractivity contribution is -0.137. The second-order valence-electron chi connectivity index (χ2n) is 6.29. The second-order valence-corrected chi connectivity index (χ2v) is 7.30. The first-order valence-corrected chi connectivity index (χ1v) is 9.08. The van der Waals surface area contributed by atoms with Crippen LogP contribution in [0.3, 0.4) is 0 Å². The van der Waals surface area contributed by atoms with Crippen molar-refractivity contribution in [3.63, 3.8) is 0 Å².